The maximum absolute atomic E-state index is 12.6. The molecule has 23 heavy (non-hydrogen) atoms. The fourth-order valence-electron chi connectivity index (χ4n) is 3.39. The van der Waals surface area contributed by atoms with Gasteiger partial charge in [0.05, 0.1) is 24.3 Å². The molecule has 8 heteroatoms. The minimum Gasteiger partial charge on any atom is -0.476 e. The molecule has 0 bridgehead atoms. The highest BCUT2D eigenvalue weighted by Gasteiger charge is 2.34. The van der Waals surface area contributed by atoms with E-state index in [2.05, 4.69) is 10.3 Å². The standard InChI is InChI=1S/C15H22N4O4/c1-10-12(3-2-8-23-10)14(20)18-6-4-11(5-7-18)19-9-13(15(21)22)16-17-19/h9-12H,2-8H2,1H3,(H,21,22). The second kappa shape index (κ2) is 6.66. The first kappa shape index (κ1) is 15.9. The molecular formula is C15H22N4O4. The average molecular weight is 322 g/mol. The second-order valence-corrected chi connectivity index (χ2v) is 6.27. The van der Waals surface area contributed by atoms with E-state index >= 15 is 0 Å². The number of nitrogens with zero attached hydrogens (tertiary/aromatic N) is 4. The van der Waals surface area contributed by atoms with Gasteiger partial charge in [-0.25, -0.2) is 9.48 Å². The molecule has 0 radical (unpaired) electrons. The van der Waals surface area contributed by atoms with Gasteiger partial charge in [0.15, 0.2) is 5.69 Å². The second-order valence-electron chi connectivity index (χ2n) is 6.27. The van der Waals surface area contributed by atoms with Gasteiger partial charge in [-0.05, 0) is 32.6 Å². The van der Waals surface area contributed by atoms with Gasteiger partial charge in [-0.15, -0.1) is 5.10 Å². The van der Waals surface area contributed by atoms with Crippen LogP contribution in [0.25, 0.3) is 0 Å². The van der Waals surface area contributed by atoms with Crippen LogP contribution in [0, 0.1) is 5.92 Å². The Morgan fingerprint density at radius 1 is 1.30 bits per heavy atom. The number of ether oxygens (including phenoxy) is 1. The monoisotopic (exact) mass is 322 g/mol. The number of hydrogen-bond donors (Lipinski definition) is 1. The van der Waals surface area contributed by atoms with Crippen LogP contribution in [0.5, 0.6) is 0 Å². The lowest BCUT2D eigenvalue weighted by molar-refractivity contribution is -0.145. The van der Waals surface area contributed by atoms with E-state index in [9.17, 15) is 9.59 Å². The molecule has 2 atom stereocenters. The highest BCUT2D eigenvalue weighted by molar-refractivity contribution is 5.84. The van der Waals surface area contributed by atoms with Crippen LogP contribution >= 0.6 is 0 Å². The highest BCUT2D eigenvalue weighted by Crippen LogP contribution is 2.27. The maximum atomic E-state index is 12.6. The summed E-state index contributed by atoms with van der Waals surface area (Å²) in [4.78, 5) is 25.4. The van der Waals surface area contributed by atoms with Gasteiger partial charge in [-0.2, -0.15) is 0 Å². The summed E-state index contributed by atoms with van der Waals surface area (Å²) in [6.45, 7) is 4.03. The first-order valence-corrected chi connectivity index (χ1v) is 8.12. The minimum atomic E-state index is -1.07. The average Bonchev–Trinajstić information content (AvgIpc) is 3.05. The van der Waals surface area contributed by atoms with E-state index in [0.717, 1.165) is 32.3 Å². The lowest BCUT2D eigenvalue weighted by atomic mass is 9.92. The van der Waals surface area contributed by atoms with E-state index in [1.165, 1.54) is 6.20 Å². The van der Waals surface area contributed by atoms with E-state index < -0.39 is 5.97 Å². The van der Waals surface area contributed by atoms with Gasteiger partial charge < -0.3 is 14.7 Å². The molecule has 0 aromatic carbocycles. The molecule has 1 aromatic rings. The Morgan fingerprint density at radius 3 is 2.65 bits per heavy atom. The summed E-state index contributed by atoms with van der Waals surface area (Å²) in [5.41, 5.74) is -0.0447. The Hall–Kier alpha value is -1.96. The van der Waals surface area contributed by atoms with Gasteiger partial charge in [0.1, 0.15) is 0 Å². The molecule has 3 rings (SSSR count). The molecule has 1 N–H and O–H groups in total. The summed E-state index contributed by atoms with van der Waals surface area (Å²) in [5.74, 6) is -0.930. The number of piperidine rings is 1. The third-order valence-electron chi connectivity index (χ3n) is 4.80. The number of carbonyl (C=O) groups is 2. The van der Waals surface area contributed by atoms with Crippen molar-refractivity contribution >= 4 is 11.9 Å². The number of carboxylic acids is 1. The van der Waals surface area contributed by atoms with Gasteiger partial charge in [0.2, 0.25) is 5.91 Å². The first-order valence-electron chi connectivity index (χ1n) is 8.12. The van der Waals surface area contributed by atoms with E-state index in [1.807, 2.05) is 11.8 Å². The fraction of sp³-hybridized carbons (Fsp3) is 0.733. The molecule has 2 aliphatic rings. The van der Waals surface area contributed by atoms with Gasteiger partial charge in [-0.3, -0.25) is 4.79 Å². The zero-order chi connectivity index (χ0) is 16.4. The largest absolute Gasteiger partial charge is 0.476 e. The Kier molecular flexibility index (Phi) is 4.61. The summed E-state index contributed by atoms with van der Waals surface area (Å²) in [6.07, 6.45) is 4.80. The lowest BCUT2D eigenvalue weighted by Gasteiger charge is -2.37. The van der Waals surface area contributed by atoms with Crippen molar-refractivity contribution in [3.63, 3.8) is 0 Å². The number of aromatic carboxylic acids is 1. The van der Waals surface area contributed by atoms with E-state index in [1.54, 1.807) is 4.68 Å². The normalized spacial score (nSPS) is 26.2. The first-order chi connectivity index (χ1) is 11.1. The molecule has 126 valence electrons. The van der Waals surface area contributed by atoms with Crippen LogP contribution in [-0.4, -0.2) is 62.7 Å². The summed E-state index contributed by atoms with van der Waals surface area (Å²) in [6, 6.07) is 0.0969. The third kappa shape index (κ3) is 3.36. The van der Waals surface area contributed by atoms with Crippen molar-refractivity contribution < 1.29 is 19.4 Å². The number of hydrogen-bond acceptors (Lipinski definition) is 5. The summed E-state index contributed by atoms with van der Waals surface area (Å²) < 4.78 is 7.20. The minimum absolute atomic E-state index is 0.0117. The molecule has 1 aromatic heterocycles. The zero-order valence-corrected chi connectivity index (χ0v) is 13.2. The quantitative estimate of drug-likeness (QED) is 0.890. The van der Waals surface area contributed by atoms with Crippen molar-refractivity contribution in [3.05, 3.63) is 11.9 Å². The van der Waals surface area contributed by atoms with E-state index in [4.69, 9.17) is 9.84 Å². The van der Waals surface area contributed by atoms with Crippen LogP contribution < -0.4 is 0 Å². The molecule has 2 aliphatic heterocycles. The lowest BCUT2D eigenvalue weighted by Crippen LogP contribution is -2.46. The molecule has 0 saturated carbocycles. The summed E-state index contributed by atoms with van der Waals surface area (Å²) in [7, 11) is 0. The number of carbonyl (C=O) groups excluding carboxylic acids is 1. The van der Waals surface area contributed by atoms with Gasteiger partial charge >= 0.3 is 5.97 Å². The van der Waals surface area contributed by atoms with Gasteiger partial charge in [-0.1, -0.05) is 5.21 Å². The predicted molar refractivity (Wildman–Crippen MR) is 80.0 cm³/mol. The molecule has 1 amide bonds. The molecule has 2 fully saturated rings. The van der Waals surface area contributed by atoms with Crippen molar-refractivity contribution in [2.45, 2.75) is 44.8 Å². The van der Waals surface area contributed by atoms with Gasteiger partial charge in [0, 0.05) is 19.7 Å². The summed E-state index contributed by atoms with van der Waals surface area (Å²) in [5, 5.41) is 16.4. The van der Waals surface area contributed by atoms with Crippen molar-refractivity contribution in [3.8, 4) is 0 Å². The van der Waals surface area contributed by atoms with Crippen LogP contribution in [-0.2, 0) is 9.53 Å². The number of aromatic nitrogens is 3. The molecular weight excluding hydrogens is 300 g/mol. The highest BCUT2D eigenvalue weighted by atomic mass is 16.5. The third-order valence-corrected chi connectivity index (χ3v) is 4.80. The van der Waals surface area contributed by atoms with Crippen LogP contribution in [0.1, 0.15) is 49.1 Å². The van der Waals surface area contributed by atoms with Crippen molar-refractivity contribution in [2.24, 2.45) is 5.92 Å². The maximum Gasteiger partial charge on any atom is 0.358 e. The Labute approximate surface area is 134 Å². The Balaban J connectivity index is 1.57. The van der Waals surface area contributed by atoms with Crippen molar-refractivity contribution in [2.75, 3.05) is 19.7 Å². The predicted octanol–water partition coefficient (Wildman–Crippen LogP) is 0.955. The van der Waals surface area contributed by atoms with Crippen LogP contribution in [0.3, 0.4) is 0 Å². The van der Waals surface area contributed by atoms with Crippen LogP contribution in [0.4, 0.5) is 0 Å². The Morgan fingerprint density at radius 2 is 2.04 bits per heavy atom. The topological polar surface area (TPSA) is 97.5 Å². The van der Waals surface area contributed by atoms with Crippen LogP contribution in [0.15, 0.2) is 6.20 Å². The number of amides is 1. The van der Waals surface area contributed by atoms with Gasteiger partial charge in [0.25, 0.3) is 0 Å². The van der Waals surface area contributed by atoms with Crippen molar-refractivity contribution in [1.82, 2.24) is 19.9 Å². The fourth-order valence-corrected chi connectivity index (χ4v) is 3.39. The molecule has 0 spiro atoms. The van der Waals surface area contributed by atoms with Crippen molar-refractivity contribution in [1.29, 1.82) is 0 Å². The molecule has 0 aliphatic carbocycles. The summed E-state index contributed by atoms with van der Waals surface area (Å²) >= 11 is 0. The van der Waals surface area contributed by atoms with Crippen LogP contribution in [0.2, 0.25) is 0 Å². The SMILES string of the molecule is CC1OCCCC1C(=O)N1CCC(n2cc(C(=O)O)nn2)CC1. The van der Waals surface area contributed by atoms with E-state index in [0.29, 0.717) is 13.1 Å². The number of carboxylic acid groups (broad SMARTS) is 1. The number of likely N-dealkylation sites (tertiary alicyclic amines) is 1. The van der Waals surface area contributed by atoms with E-state index in [-0.39, 0.29) is 29.7 Å². The smallest absolute Gasteiger partial charge is 0.358 e. The molecule has 2 saturated heterocycles. The molecule has 3 heterocycles. The molecule has 8 nitrogen and oxygen atoms in total. The number of rotatable bonds is 3. The zero-order valence-electron chi connectivity index (χ0n) is 13.2. The Bertz CT molecular complexity index is 580. The molecule has 2 unspecified atom stereocenters.